The molecule has 0 aliphatic heterocycles. The molecule has 6 N–H and O–H groups in total. The van der Waals surface area contributed by atoms with Crippen molar-refractivity contribution < 1.29 is 21.0 Å². The van der Waals surface area contributed by atoms with E-state index in [0.717, 1.165) is 93.3 Å². The Morgan fingerprint density at radius 3 is 2.15 bits per heavy atom. The number of hydrogen-bond acceptors (Lipinski definition) is 2. The first-order chi connectivity index (χ1) is 22.6. The second-order valence-electron chi connectivity index (χ2n) is 17.7. The number of nitrogens with zero attached hydrogens (tertiary/aromatic N) is 1. The van der Waals surface area contributed by atoms with E-state index in [9.17, 15) is 4.79 Å². The van der Waals surface area contributed by atoms with Crippen molar-refractivity contribution in [1.82, 2.24) is 4.90 Å². The van der Waals surface area contributed by atoms with Crippen LogP contribution in [0.25, 0.3) is 0 Å². The largest absolute Gasteiger partial charge is 0.446 e. The van der Waals surface area contributed by atoms with Gasteiger partial charge in [0.1, 0.15) is 6.10 Å². The van der Waals surface area contributed by atoms with E-state index < -0.39 is 0 Å². The van der Waals surface area contributed by atoms with E-state index in [0.29, 0.717) is 10.8 Å². The Morgan fingerprint density at radius 1 is 0.872 bits per heavy atom. The highest BCUT2D eigenvalue weighted by molar-refractivity contribution is 5.67. The van der Waals surface area contributed by atoms with Gasteiger partial charge in [-0.15, -0.1) is 0 Å². The molecule has 1 amide bonds. The quantitative estimate of drug-likeness (QED) is 0.107. The lowest BCUT2D eigenvalue weighted by Gasteiger charge is -2.58. The molecule has 0 unspecified atom stereocenters. The zero-order valence-corrected chi connectivity index (χ0v) is 32.1. The number of rotatable bonds is 19. The lowest BCUT2D eigenvalue weighted by Crippen LogP contribution is -2.51. The molecule has 0 radical (unpaired) electrons. The van der Waals surface area contributed by atoms with Crippen LogP contribution in [0.15, 0.2) is 11.6 Å². The van der Waals surface area contributed by atoms with E-state index in [1.807, 2.05) is 4.90 Å². The third-order valence-electron chi connectivity index (χ3n) is 14.7. The van der Waals surface area contributed by atoms with Gasteiger partial charge in [0, 0.05) is 19.5 Å². The van der Waals surface area contributed by atoms with E-state index in [-0.39, 0.29) is 12.2 Å². The molecule has 4 aliphatic rings. The van der Waals surface area contributed by atoms with E-state index in [4.69, 9.17) is 4.74 Å². The van der Waals surface area contributed by atoms with Crippen molar-refractivity contribution in [3.63, 3.8) is 0 Å². The summed E-state index contributed by atoms with van der Waals surface area (Å²) in [4.78, 5) is 15.6. The number of unbranched alkanes of at least 4 members (excludes halogenated alkanes) is 6. The van der Waals surface area contributed by atoms with Crippen LogP contribution >= 0.6 is 0 Å². The molecule has 3 fully saturated rings. The normalized spacial score (nSPS) is 33.0. The van der Waals surface area contributed by atoms with Crippen LogP contribution in [0.2, 0.25) is 0 Å². The summed E-state index contributed by atoms with van der Waals surface area (Å²) < 4.78 is 6.35. The van der Waals surface area contributed by atoms with Crippen molar-refractivity contribution >= 4 is 6.09 Å². The maximum Gasteiger partial charge on any atom is 0.410 e. The molecule has 4 rings (SSSR count). The number of hydrogen-bond donors (Lipinski definition) is 2. The van der Waals surface area contributed by atoms with E-state index in [1.54, 1.807) is 5.57 Å². The fraction of sp³-hybridized carbons (Fsp3) is 0.929. The SMILES string of the molecule is CC[C@H](CC[C@@H](C)[C@H]1CC[C@H]2[C@@H]3CC=C4C[C@@H](OC(=O)N(CCCCCC[NH3+])CCCCCC[NH3+])CC[C@]4(C)[C@H]3CC[C@]12C)C(C)C. The zero-order chi connectivity index (χ0) is 34.0. The number of carbonyl (C=O) groups is 1. The molecule has 0 saturated heterocycles. The van der Waals surface area contributed by atoms with Crippen molar-refractivity contribution in [2.24, 2.45) is 52.3 Å². The van der Waals surface area contributed by atoms with Gasteiger partial charge in [-0.3, -0.25) is 0 Å². The second kappa shape index (κ2) is 18.2. The molecule has 3 saturated carbocycles. The third kappa shape index (κ3) is 9.39. The van der Waals surface area contributed by atoms with Gasteiger partial charge in [-0.05, 0) is 142 Å². The molecular weight excluding hydrogens is 578 g/mol. The number of quaternary nitrogens is 2. The van der Waals surface area contributed by atoms with Crippen LogP contribution in [-0.2, 0) is 4.74 Å². The molecule has 0 bridgehead atoms. The average Bonchev–Trinajstić information content (AvgIpc) is 3.41. The predicted molar refractivity (Wildman–Crippen MR) is 196 cm³/mol. The Bertz CT molecular complexity index is 967. The first-order valence-corrected chi connectivity index (χ1v) is 20.8. The summed E-state index contributed by atoms with van der Waals surface area (Å²) in [6.45, 7) is 18.8. The van der Waals surface area contributed by atoms with Gasteiger partial charge in [0.15, 0.2) is 0 Å². The second-order valence-corrected chi connectivity index (χ2v) is 17.7. The summed E-state index contributed by atoms with van der Waals surface area (Å²) in [6, 6.07) is 0. The summed E-state index contributed by atoms with van der Waals surface area (Å²) in [5.74, 6) is 6.01. The molecule has 0 spiro atoms. The third-order valence-corrected chi connectivity index (χ3v) is 14.7. The minimum atomic E-state index is -0.0552. The van der Waals surface area contributed by atoms with Crippen LogP contribution in [0.4, 0.5) is 4.79 Å². The summed E-state index contributed by atoms with van der Waals surface area (Å²) >= 11 is 0. The summed E-state index contributed by atoms with van der Waals surface area (Å²) in [5.41, 5.74) is 10.4. The molecule has 272 valence electrons. The van der Waals surface area contributed by atoms with E-state index in [1.165, 1.54) is 96.3 Å². The van der Waals surface area contributed by atoms with Crippen LogP contribution in [0.1, 0.15) is 164 Å². The van der Waals surface area contributed by atoms with Gasteiger partial charge in [0.2, 0.25) is 0 Å². The number of allylic oxidation sites excluding steroid dienone is 1. The molecule has 0 aromatic rings. The smallest absolute Gasteiger partial charge is 0.410 e. The molecular formula is C42H79N3O2+2. The zero-order valence-electron chi connectivity index (χ0n) is 32.1. The molecule has 9 atom stereocenters. The fourth-order valence-corrected chi connectivity index (χ4v) is 11.6. The van der Waals surface area contributed by atoms with Crippen molar-refractivity contribution in [2.45, 2.75) is 170 Å². The Hall–Kier alpha value is -1.07. The molecule has 5 heteroatoms. The van der Waals surface area contributed by atoms with E-state index >= 15 is 0 Å². The number of carbonyl (C=O) groups excluding carboxylic acids is 1. The van der Waals surface area contributed by atoms with Crippen molar-refractivity contribution in [1.29, 1.82) is 0 Å². The van der Waals surface area contributed by atoms with Gasteiger partial charge in [0.05, 0.1) is 13.1 Å². The van der Waals surface area contributed by atoms with Crippen LogP contribution in [0.5, 0.6) is 0 Å². The Balaban J connectivity index is 1.34. The van der Waals surface area contributed by atoms with Gasteiger partial charge in [0.25, 0.3) is 0 Å². The minimum absolute atomic E-state index is 0.0431. The molecule has 5 nitrogen and oxygen atoms in total. The number of fused-ring (bicyclic) bond motifs is 5. The standard InChI is InChI=1S/C42H77N3O2/c1-7-33(31(2)3)17-16-32(4)37-20-21-38-36-19-18-34-30-35(22-24-41(34,5)39(36)23-25-42(37,38)6)47-40(46)45(28-14-10-8-12-26-43)29-15-11-9-13-27-44/h18,31-33,35-39H,7-17,19-30,43-44H2,1-6H3/p+2/t32-,33-,35+,36+,37-,38+,39+,41+,42-/m1/s1. The van der Waals surface area contributed by atoms with Gasteiger partial charge >= 0.3 is 6.09 Å². The van der Waals surface area contributed by atoms with Crippen molar-refractivity contribution in [3.8, 4) is 0 Å². The fourth-order valence-electron chi connectivity index (χ4n) is 11.6. The van der Waals surface area contributed by atoms with E-state index in [2.05, 4.69) is 59.1 Å². The highest BCUT2D eigenvalue weighted by Crippen LogP contribution is 2.67. The number of ether oxygens (including phenoxy) is 1. The van der Waals surface area contributed by atoms with Crippen LogP contribution < -0.4 is 11.5 Å². The summed E-state index contributed by atoms with van der Waals surface area (Å²) in [7, 11) is 0. The molecule has 0 aromatic heterocycles. The van der Waals surface area contributed by atoms with Crippen LogP contribution in [-0.4, -0.2) is 43.3 Å². The molecule has 47 heavy (non-hydrogen) atoms. The highest BCUT2D eigenvalue weighted by atomic mass is 16.6. The minimum Gasteiger partial charge on any atom is -0.446 e. The van der Waals surface area contributed by atoms with Crippen LogP contribution in [0.3, 0.4) is 0 Å². The number of amides is 1. The van der Waals surface area contributed by atoms with Crippen molar-refractivity contribution in [3.05, 3.63) is 11.6 Å². The van der Waals surface area contributed by atoms with Crippen molar-refractivity contribution in [2.75, 3.05) is 26.2 Å². The first-order valence-electron chi connectivity index (χ1n) is 20.8. The Labute approximate surface area is 291 Å². The maximum atomic E-state index is 13.6. The lowest BCUT2D eigenvalue weighted by molar-refractivity contribution is -0.368. The van der Waals surface area contributed by atoms with Crippen LogP contribution in [0, 0.1) is 52.3 Å². The lowest BCUT2D eigenvalue weighted by atomic mass is 9.47. The Morgan fingerprint density at radius 2 is 1.53 bits per heavy atom. The van der Waals surface area contributed by atoms with Gasteiger partial charge in [-0.1, -0.05) is 78.9 Å². The highest BCUT2D eigenvalue weighted by Gasteiger charge is 2.59. The monoisotopic (exact) mass is 658 g/mol. The maximum absolute atomic E-state index is 13.6. The van der Waals surface area contributed by atoms with Gasteiger partial charge < -0.3 is 21.1 Å². The Kier molecular flexibility index (Phi) is 15.0. The summed E-state index contributed by atoms with van der Waals surface area (Å²) in [6.07, 6.45) is 26.3. The average molecular weight is 658 g/mol. The van der Waals surface area contributed by atoms with Gasteiger partial charge in [-0.25, -0.2) is 4.79 Å². The first kappa shape index (κ1) is 38.7. The molecule has 0 aromatic carbocycles. The molecule has 4 aliphatic carbocycles. The van der Waals surface area contributed by atoms with Gasteiger partial charge in [-0.2, -0.15) is 0 Å². The molecule has 0 heterocycles. The summed E-state index contributed by atoms with van der Waals surface area (Å²) in [5, 5.41) is 0. The topological polar surface area (TPSA) is 84.8 Å². The predicted octanol–water partition coefficient (Wildman–Crippen LogP) is 9.08.